The van der Waals surface area contributed by atoms with Crippen LogP contribution in [-0.4, -0.2) is 36.8 Å². The van der Waals surface area contributed by atoms with Crippen molar-refractivity contribution in [1.29, 1.82) is 0 Å². The molecule has 210 valence electrons. The number of hydrogen-bond acceptors (Lipinski definition) is 6. The van der Waals surface area contributed by atoms with Gasteiger partial charge in [-0.25, -0.2) is 0 Å². The highest BCUT2D eigenvalue weighted by Gasteiger charge is 2.55. The van der Waals surface area contributed by atoms with Gasteiger partial charge in [0.25, 0.3) is 0 Å². The second kappa shape index (κ2) is 13.3. The van der Waals surface area contributed by atoms with Gasteiger partial charge in [-0.1, -0.05) is 121 Å². The highest BCUT2D eigenvalue weighted by Crippen LogP contribution is 2.40. The van der Waals surface area contributed by atoms with Gasteiger partial charge in [0.05, 0.1) is 32.5 Å². The first-order chi connectivity index (χ1) is 20.3. The molecule has 4 aromatic carbocycles. The van der Waals surface area contributed by atoms with Gasteiger partial charge in [-0.05, 0) is 16.7 Å². The molecule has 0 unspecified atom stereocenters. The Kier molecular flexibility index (Phi) is 8.95. The van der Waals surface area contributed by atoms with E-state index in [1.165, 1.54) is 0 Å². The Morgan fingerprint density at radius 1 is 0.585 bits per heavy atom. The van der Waals surface area contributed by atoms with Crippen molar-refractivity contribution in [2.45, 2.75) is 50.5 Å². The van der Waals surface area contributed by atoms with Crippen molar-refractivity contribution in [3.63, 3.8) is 0 Å². The maximum absolute atomic E-state index is 14.2. The largest absolute Gasteiger partial charge is 0.370 e. The molecule has 1 aliphatic carbocycles. The van der Waals surface area contributed by atoms with E-state index in [1.807, 2.05) is 121 Å². The number of carbonyl (C=O) groups is 1. The summed E-state index contributed by atoms with van der Waals surface area (Å²) in [6.45, 7) is 1.24. The van der Waals surface area contributed by atoms with Crippen LogP contribution in [0.1, 0.15) is 28.5 Å². The van der Waals surface area contributed by atoms with Crippen LogP contribution in [0.4, 0.5) is 0 Å². The van der Waals surface area contributed by atoms with Gasteiger partial charge in [-0.15, -0.1) is 0 Å². The van der Waals surface area contributed by atoms with Crippen molar-refractivity contribution in [2.75, 3.05) is 6.61 Å². The van der Waals surface area contributed by atoms with Crippen LogP contribution >= 0.6 is 0 Å². The summed E-state index contributed by atoms with van der Waals surface area (Å²) in [4.78, 5) is 14.2. The Bertz CT molecular complexity index is 1310. The lowest BCUT2D eigenvalue weighted by Gasteiger charge is -2.48. The highest BCUT2D eigenvalue weighted by molar-refractivity contribution is 5.90. The molecule has 0 radical (unpaired) electrons. The lowest BCUT2D eigenvalue weighted by molar-refractivity contribution is -0.298. The van der Waals surface area contributed by atoms with Crippen LogP contribution in [0.5, 0.6) is 0 Å². The number of hydrogen-bond donors (Lipinski definition) is 0. The van der Waals surface area contributed by atoms with E-state index in [4.69, 9.17) is 23.7 Å². The molecular weight excluding hydrogens is 516 g/mol. The molecule has 6 atom stereocenters. The first-order valence-electron chi connectivity index (χ1n) is 14.1. The summed E-state index contributed by atoms with van der Waals surface area (Å²) < 4.78 is 32.0. The van der Waals surface area contributed by atoms with Gasteiger partial charge in [0.1, 0.15) is 18.3 Å². The molecule has 0 N–H and O–H groups in total. The fourth-order valence-corrected chi connectivity index (χ4v) is 5.50. The van der Waals surface area contributed by atoms with Crippen LogP contribution in [0.15, 0.2) is 121 Å². The predicted molar refractivity (Wildman–Crippen MR) is 154 cm³/mol. The average Bonchev–Trinajstić information content (AvgIpc) is 3.04. The number of carbonyl (C=O) groups excluding carboxylic acids is 1. The lowest BCUT2D eigenvalue weighted by atomic mass is 9.78. The standard InChI is InChI=1S/C35H34O6/c36-30-33(38-22-26-15-7-2-8-16-26)31(37-21-25-13-5-1-6-14-25)29-24-40-35(28-19-11-4-12-20-28)41-32(29)34(30)39-23-27-17-9-3-10-18-27/h1-20,29,31-35H,21-24H2/t29-,31-,32+,33-,34+,35+/m1/s1. The van der Waals surface area contributed by atoms with Crippen molar-refractivity contribution in [3.8, 4) is 0 Å². The molecule has 1 heterocycles. The quantitative estimate of drug-likeness (QED) is 0.239. The fourth-order valence-electron chi connectivity index (χ4n) is 5.50. The van der Waals surface area contributed by atoms with Crippen molar-refractivity contribution in [2.24, 2.45) is 5.92 Å². The molecule has 6 nitrogen and oxygen atoms in total. The van der Waals surface area contributed by atoms with E-state index < -0.39 is 30.7 Å². The third-order valence-electron chi connectivity index (χ3n) is 7.62. The van der Waals surface area contributed by atoms with Gasteiger partial charge in [-0.3, -0.25) is 4.79 Å². The van der Waals surface area contributed by atoms with E-state index in [9.17, 15) is 4.79 Å². The van der Waals surface area contributed by atoms with Crippen LogP contribution in [0.2, 0.25) is 0 Å². The molecule has 0 amide bonds. The zero-order chi connectivity index (χ0) is 27.9. The Morgan fingerprint density at radius 2 is 1.05 bits per heavy atom. The Labute approximate surface area is 240 Å². The van der Waals surface area contributed by atoms with E-state index >= 15 is 0 Å². The Balaban J connectivity index is 1.29. The second-order valence-corrected chi connectivity index (χ2v) is 10.4. The first kappa shape index (κ1) is 27.5. The van der Waals surface area contributed by atoms with Crippen LogP contribution in [0.25, 0.3) is 0 Å². The monoisotopic (exact) mass is 550 g/mol. The Hall–Kier alpha value is -3.65. The van der Waals surface area contributed by atoms with Gasteiger partial charge in [0.2, 0.25) is 0 Å². The van der Waals surface area contributed by atoms with E-state index in [0.717, 1.165) is 22.3 Å². The maximum Gasteiger partial charge on any atom is 0.195 e. The van der Waals surface area contributed by atoms with Crippen molar-refractivity contribution < 1.29 is 28.5 Å². The smallest absolute Gasteiger partial charge is 0.195 e. The molecule has 1 saturated carbocycles. The molecule has 0 spiro atoms. The van der Waals surface area contributed by atoms with Gasteiger partial charge >= 0.3 is 0 Å². The highest BCUT2D eigenvalue weighted by atomic mass is 16.7. The van der Waals surface area contributed by atoms with Crippen LogP contribution in [-0.2, 0) is 48.3 Å². The number of rotatable bonds is 10. The fraction of sp³-hybridized carbons (Fsp3) is 0.286. The third-order valence-corrected chi connectivity index (χ3v) is 7.62. The molecule has 1 saturated heterocycles. The summed E-state index contributed by atoms with van der Waals surface area (Å²) in [5, 5.41) is 0. The number of ketones is 1. The number of ether oxygens (including phenoxy) is 5. The molecule has 2 aliphatic rings. The first-order valence-corrected chi connectivity index (χ1v) is 14.1. The molecule has 41 heavy (non-hydrogen) atoms. The van der Waals surface area contributed by atoms with E-state index in [-0.39, 0.29) is 24.9 Å². The van der Waals surface area contributed by atoms with Crippen LogP contribution in [0.3, 0.4) is 0 Å². The minimum absolute atomic E-state index is 0.176. The minimum atomic E-state index is -0.846. The second-order valence-electron chi connectivity index (χ2n) is 10.4. The van der Waals surface area contributed by atoms with Crippen molar-refractivity contribution in [3.05, 3.63) is 144 Å². The van der Waals surface area contributed by atoms with Crippen LogP contribution < -0.4 is 0 Å². The van der Waals surface area contributed by atoms with E-state index in [1.54, 1.807) is 0 Å². The summed E-state index contributed by atoms with van der Waals surface area (Å²) >= 11 is 0. The summed E-state index contributed by atoms with van der Waals surface area (Å²) in [5.41, 5.74) is 3.86. The minimum Gasteiger partial charge on any atom is -0.370 e. The Morgan fingerprint density at radius 3 is 1.59 bits per heavy atom. The maximum atomic E-state index is 14.2. The van der Waals surface area contributed by atoms with Crippen molar-refractivity contribution >= 4 is 5.78 Å². The summed E-state index contributed by atoms with van der Waals surface area (Å²) in [7, 11) is 0. The molecule has 0 aromatic heterocycles. The van der Waals surface area contributed by atoms with Crippen LogP contribution in [0, 0.1) is 5.92 Å². The van der Waals surface area contributed by atoms with Gasteiger partial charge in [-0.2, -0.15) is 0 Å². The molecule has 1 aliphatic heterocycles. The zero-order valence-electron chi connectivity index (χ0n) is 22.8. The molecule has 6 heteroatoms. The van der Waals surface area contributed by atoms with Gasteiger partial charge in [0.15, 0.2) is 12.1 Å². The third kappa shape index (κ3) is 6.64. The summed E-state index contributed by atoms with van der Waals surface area (Å²) in [6, 6.07) is 39.4. The summed E-state index contributed by atoms with van der Waals surface area (Å²) in [6.07, 6.45) is -3.44. The molecule has 0 bridgehead atoms. The SMILES string of the molecule is O=C1[C@@H](OCc2ccccc2)[C@H](OCc2ccccc2)[C@H]2CO[C@H](c3ccccc3)O[C@@H]2[C@H]1OCc1ccccc1. The zero-order valence-corrected chi connectivity index (χ0v) is 22.8. The number of Topliss-reactive ketones (excluding diaryl/α,β-unsaturated/α-hetero) is 1. The van der Waals surface area contributed by atoms with Gasteiger partial charge in [0, 0.05) is 11.5 Å². The number of fused-ring (bicyclic) bond motifs is 1. The van der Waals surface area contributed by atoms with E-state index in [2.05, 4.69) is 0 Å². The lowest BCUT2D eigenvalue weighted by Crippen LogP contribution is -2.64. The molecule has 2 fully saturated rings. The summed E-state index contributed by atoms with van der Waals surface area (Å²) in [5.74, 6) is -0.456. The van der Waals surface area contributed by atoms with Crippen molar-refractivity contribution in [1.82, 2.24) is 0 Å². The van der Waals surface area contributed by atoms with E-state index in [0.29, 0.717) is 13.2 Å². The van der Waals surface area contributed by atoms with Gasteiger partial charge < -0.3 is 23.7 Å². The molecule has 4 aromatic rings. The topological polar surface area (TPSA) is 63.2 Å². The number of benzene rings is 4. The molecule has 6 rings (SSSR count). The predicted octanol–water partition coefficient (Wildman–Crippen LogP) is 6.06. The average molecular weight is 551 g/mol. The molecular formula is C35H34O6. The normalized spacial score (nSPS) is 25.9.